The number of guanidine groups is 1. The summed E-state index contributed by atoms with van der Waals surface area (Å²) >= 11 is 0. The zero-order chi connectivity index (χ0) is 16.3. The van der Waals surface area contributed by atoms with E-state index in [1.807, 2.05) is 24.4 Å². The van der Waals surface area contributed by atoms with E-state index in [0.29, 0.717) is 6.54 Å². The zero-order valence-electron chi connectivity index (χ0n) is 14.1. The van der Waals surface area contributed by atoms with E-state index in [4.69, 9.17) is 0 Å². The maximum Gasteiger partial charge on any atom is 0.191 e. The number of hydrogen-bond donors (Lipinski definition) is 3. The van der Waals surface area contributed by atoms with Crippen molar-refractivity contribution in [3.8, 4) is 11.3 Å². The fourth-order valence-corrected chi connectivity index (χ4v) is 2.28. The molecule has 0 radical (unpaired) electrons. The molecule has 0 bridgehead atoms. The van der Waals surface area contributed by atoms with Crippen molar-refractivity contribution in [1.82, 2.24) is 20.6 Å². The lowest BCUT2D eigenvalue weighted by Crippen LogP contribution is -2.37. The lowest BCUT2D eigenvalue weighted by molar-refractivity contribution is 0.682. The molecule has 0 fully saturated rings. The molecule has 2 aromatic rings. The Labute approximate surface area is 138 Å². The van der Waals surface area contributed by atoms with Gasteiger partial charge in [0.05, 0.1) is 11.9 Å². The molecule has 0 saturated carbocycles. The third-order valence-electron chi connectivity index (χ3n) is 3.52. The first-order valence-corrected chi connectivity index (χ1v) is 8.45. The van der Waals surface area contributed by atoms with Crippen molar-refractivity contribution < 1.29 is 0 Å². The van der Waals surface area contributed by atoms with E-state index in [1.165, 1.54) is 19.3 Å². The van der Waals surface area contributed by atoms with E-state index in [2.05, 4.69) is 51.6 Å². The summed E-state index contributed by atoms with van der Waals surface area (Å²) in [7, 11) is 0. The molecule has 1 aromatic heterocycles. The molecule has 1 aromatic carbocycles. The summed E-state index contributed by atoms with van der Waals surface area (Å²) in [6.07, 6.45) is 5.50. The molecule has 2 rings (SSSR count). The van der Waals surface area contributed by atoms with Gasteiger partial charge in [-0.2, -0.15) is 0 Å². The summed E-state index contributed by atoms with van der Waals surface area (Å²) < 4.78 is 0. The highest BCUT2D eigenvalue weighted by Gasteiger charge is 2.03. The Morgan fingerprint density at radius 2 is 1.96 bits per heavy atom. The molecule has 0 amide bonds. The predicted octanol–water partition coefficient (Wildman–Crippen LogP) is 3.32. The van der Waals surface area contributed by atoms with Crippen LogP contribution >= 0.6 is 0 Å². The molecule has 3 N–H and O–H groups in total. The van der Waals surface area contributed by atoms with Gasteiger partial charge in [0.15, 0.2) is 5.96 Å². The second kappa shape index (κ2) is 9.66. The van der Waals surface area contributed by atoms with Gasteiger partial charge in [-0.15, -0.1) is 0 Å². The molecule has 23 heavy (non-hydrogen) atoms. The first-order chi connectivity index (χ1) is 11.3. The van der Waals surface area contributed by atoms with Gasteiger partial charge in [-0.3, -0.25) is 0 Å². The van der Waals surface area contributed by atoms with Crippen LogP contribution in [0.15, 0.2) is 41.5 Å². The van der Waals surface area contributed by atoms with Crippen LogP contribution < -0.4 is 10.6 Å². The number of aromatic amines is 1. The first kappa shape index (κ1) is 17.1. The number of nitrogens with one attached hydrogen (secondary N) is 3. The molecular formula is C18H27N5. The topological polar surface area (TPSA) is 65.1 Å². The Kier molecular flexibility index (Phi) is 7.17. The third kappa shape index (κ3) is 5.77. The Morgan fingerprint density at radius 1 is 1.13 bits per heavy atom. The first-order valence-electron chi connectivity index (χ1n) is 8.45. The van der Waals surface area contributed by atoms with Crippen molar-refractivity contribution in [2.75, 3.05) is 13.1 Å². The van der Waals surface area contributed by atoms with Gasteiger partial charge in [0.1, 0.15) is 12.4 Å². The number of rotatable bonds is 8. The maximum atomic E-state index is 4.59. The largest absolute Gasteiger partial charge is 0.357 e. The average Bonchev–Trinajstić information content (AvgIpc) is 3.06. The Bertz CT molecular complexity index is 588. The lowest BCUT2D eigenvalue weighted by atomic mass is 10.2. The second-order valence-corrected chi connectivity index (χ2v) is 5.44. The number of unbranched alkanes of at least 4 members (excludes halogenated alkanes) is 2. The molecule has 1 heterocycles. The highest BCUT2D eigenvalue weighted by Crippen LogP contribution is 2.16. The summed E-state index contributed by atoms with van der Waals surface area (Å²) in [6, 6.07) is 10.2. The molecule has 0 aliphatic rings. The molecule has 5 heteroatoms. The summed E-state index contributed by atoms with van der Waals surface area (Å²) in [4.78, 5) is 12.3. The minimum atomic E-state index is 0.538. The van der Waals surface area contributed by atoms with Crippen LogP contribution in [0.3, 0.4) is 0 Å². The van der Waals surface area contributed by atoms with E-state index in [-0.39, 0.29) is 0 Å². The molecule has 0 unspecified atom stereocenters. The summed E-state index contributed by atoms with van der Waals surface area (Å²) in [6.45, 7) is 6.63. The highest BCUT2D eigenvalue weighted by molar-refractivity contribution is 5.79. The predicted molar refractivity (Wildman–Crippen MR) is 96.4 cm³/mol. The molecule has 0 aliphatic carbocycles. The second-order valence-electron chi connectivity index (χ2n) is 5.44. The van der Waals surface area contributed by atoms with Crippen LogP contribution in [0.25, 0.3) is 11.3 Å². The van der Waals surface area contributed by atoms with Gasteiger partial charge in [0, 0.05) is 13.1 Å². The van der Waals surface area contributed by atoms with Crippen LogP contribution in [-0.2, 0) is 6.54 Å². The van der Waals surface area contributed by atoms with E-state index in [0.717, 1.165) is 36.1 Å². The molecule has 0 spiro atoms. The summed E-state index contributed by atoms with van der Waals surface area (Å²) in [5, 5.41) is 6.63. The van der Waals surface area contributed by atoms with E-state index in [9.17, 15) is 0 Å². The van der Waals surface area contributed by atoms with Crippen molar-refractivity contribution in [3.05, 3.63) is 42.4 Å². The molecule has 0 saturated heterocycles. The number of nitrogens with zero attached hydrogens (tertiary/aromatic N) is 2. The molecule has 5 nitrogen and oxygen atoms in total. The van der Waals surface area contributed by atoms with Crippen molar-refractivity contribution in [3.63, 3.8) is 0 Å². The molecule has 0 atom stereocenters. The highest BCUT2D eigenvalue weighted by atomic mass is 15.2. The number of imidazole rings is 1. The number of aromatic nitrogens is 2. The Balaban J connectivity index is 1.92. The fourth-order valence-electron chi connectivity index (χ4n) is 2.28. The minimum absolute atomic E-state index is 0.538. The number of H-pyrrole nitrogens is 1. The molecular weight excluding hydrogens is 286 g/mol. The number of aliphatic imine (C=N–C) groups is 1. The zero-order valence-corrected chi connectivity index (χ0v) is 14.1. The molecule has 0 aliphatic heterocycles. The Hall–Kier alpha value is -2.30. The van der Waals surface area contributed by atoms with Crippen LogP contribution in [0, 0.1) is 0 Å². The van der Waals surface area contributed by atoms with E-state index < -0.39 is 0 Å². The SMILES string of the molecule is CCCCCNC(=NCc1ncc(-c2ccccc2)[nH]1)NCC. The molecule has 124 valence electrons. The summed E-state index contributed by atoms with van der Waals surface area (Å²) in [5.74, 6) is 1.72. The lowest BCUT2D eigenvalue weighted by Gasteiger charge is -2.10. The number of benzene rings is 1. The van der Waals surface area contributed by atoms with Crippen LogP contribution in [-0.4, -0.2) is 29.0 Å². The normalized spacial score (nSPS) is 11.5. The van der Waals surface area contributed by atoms with E-state index >= 15 is 0 Å². The van der Waals surface area contributed by atoms with Gasteiger partial charge in [-0.25, -0.2) is 9.98 Å². The minimum Gasteiger partial charge on any atom is -0.357 e. The van der Waals surface area contributed by atoms with Gasteiger partial charge < -0.3 is 15.6 Å². The van der Waals surface area contributed by atoms with Crippen molar-refractivity contribution in [2.24, 2.45) is 4.99 Å². The van der Waals surface area contributed by atoms with Crippen molar-refractivity contribution >= 4 is 5.96 Å². The van der Waals surface area contributed by atoms with Gasteiger partial charge in [0.2, 0.25) is 0 Å². The van der Waals surface area contributed by atoms with Crippen molar-refractivity contribution in [1.29, 1.82) is 0 Å². The fraction of sp³-hybridized carbons (Fsp3) is 0.444. The summed E-state index contributed by atoms with van der Waals surface area (Å²) in [5.41, 5.74) is 2.16. The van der Waals surface area contributed by atoms with Gasteiger partial charge in [-0.05, 0) is 18.9 Å². The monoisotopic (exact) mass is 313 g/mol. The smallest absolute Gasteiger partial charge is 0.191 e. The van der Waals surface area contributed by atoms with Crippen LogP contribution in [0.4, 0.5) is 0 Å². The van der Waals surface area contributed by atoms with Crippen LogP contribution in [0.1, 0.15) is 38.9 Å². The van der Waals surface area contributed by atoms with Crippen LogP contribution in [0.5, 0.6) is 0 Å². The average molecular weight is 313 g/mol. The quantitative estimate of drug-likeness (QED) is 0.398. The number of hydrogen-bond acceptors (Lipinski definition) is 2. The standard InChI is InChI=1S/C18H27N5/c1-3-5-9-12-20-18(19-4-2)22-14-17-21-13-16(23-17)15-10-7-6-8-11-15/h6-8,10-11,13H,3-5,9,12,14H2,1-2H3,(H,21,23)(H2,19,20,22). The van der Waals surface area contributed by atoms with Crippen molar-refractivity contribution in [2.45, 2.75) is 39.7 Å². The van der Waals surface area contributed by atoms with Gasteiger partial charge in [-0.1, -0.05) is 50.1 Å². The Morgan fingerprint density at radius 3 is 2.70 bits per heavy atom. The van der Waals surface area contributed by atoms with E-state index in [1.54, 1.807) is 0 Å². The third-order valence-corrected chi connectivity index (χ3v) is 3.52. The maximum absolute atomic E-state index is 4.59. The van der Waals surface area contributed by atoms with Crippen LogP contribution in [0.2, 0.25) is 0 Å². The van der Waals surface area contributed by atoms with Gasteiger partial charge >= 0.3 is 0 Å². The van der Waals surface area contributed by atoms with Gasteiger partial charge in [0.25, 0.3) is 0 Å².